The molecule has 1 aromatic carbocycles. The van der Waals surface area contributed by atoms with E-state index < -0.39 is 15.5 Å². The fraction of sp³-hybridized carbons (Fsp3) is 0.571. The van der Waals surface area contributed by atoms with Gasteiger partial charge in [0.1, 0.15) is 29.0 Å². The van der Waals surface area contributed by atoms with Crippen LogP contribution in [0.15, 0.2) is 47.6 Å². The number of carbonyl (C=O) groups is 2. The average molecular weight is 683 g/mol. The van der Waals surface area contributed by atoms with Gasteiger partial charge in [0, 0.05) is 24.9 Å². The van der Waals surface area contributed by atoms with Gasteiger partial charge in [0.15, 0.2) is 0 Å². The first-order valence-electron chi connectivity index (χ1n) is 16.7. The fourth-order valence-electron chi connectivity index (χ4n) is 6.19. The number of piperidine rings is 1. The smallest absolute Gasteiger partial charge is 0.264 e. The van der Waals surface area contributed by atoms with E-state index in [0.29, 0.717) is 50.4 Å². The molecule has 2 unspecified atom stereocenters. The van der Waals surface area contributed by atoms with Crippen molar-refractivity contribution in [2.75, 3.05) is 26.0 Å². The number of nitrogens with two attached hydrogens (primary N) is 1. The van der Waals surface area contributed by atoms with E-state index in [4.69, 9.17) is 25.5 Å². The molecule has 1 amide bonds. The van der Waals surface area contributed by atoms with Gasteiger partial charge in [0.05, 0.1) is 25.5 Å². The first-order chi connectivity index (χ1) is 22.6. The highest BCUT2D eigenvalue weighted by Crippen LogP contribution is 2.42. The predicted octanol–water partition coefficient (Wildman–Crippen LogP) is 4.89. The third-order valence-electron chi connectivity index (χ3n) is 9.06. The van der Waals surface area contributed by atoms with Gasteiger partial charge >= 0.3 is 0 Å². The molecule has 13 heteroatoms. The van der Waals surface area contributed by atoms with Gasteiger partial charge in [0.25, 0.3) is 10.1 Å². The maximum Gasteiger partial charge on any atom is 0.264 e. The number of likely N-dealkylation sites (tertiary alicyclic amines) is 1. The van der Waals surface area contributed by atoms with Gasteiger partial charge in [-0.1, -0.05) is 51.5 Å². The minimum Gasteiger partial charge on any atom is -0.484 e. The number of fused-ring (bicyclic) bond motifs is 1. The first-order valence-corrected chi connectivity index (χ1v) is 18.5. The molecule has 1 fully saturated rings. The highest BCUT2D eigenvalue weighted by Gasteiger charge is 2.29. The van der Waals surface area contributed by atoms with Crippen molar-refractivity contribution >= 4 is 33.6 Å². The SMILES string of the molecule is CC(C)(C)C(=O)CC(N)=NC(=O)CCCCC1CCC(Oc2ccc(=N)n(C(=N)N3CCC(COS(C)(=O)=O)CC3)c2)c2ccccc21. The van der Waals surface area contributed by atoms with Gasteiger partial charge in [-0.3, -0.25) is 29.2 Å². The third kappa shape index (κ3) is 10.6. The minimum absolute atomic E-state index is 0.0153. The molecular formula is C35H50N6O6S. The normalized spacial score (nSPS) is 19.1. The summed E-state index contributed by atoms with van der Waals surface area (Å²) in [7, 11) is -3.48. The summed E-state index contributed by atoms with van der Waals surface area (Å²) in [4.78, 5) is 30.3. The topological polar surface area (TPSA) is 181 Å². The molecule has 48 heavy (non-hydrogen) atoms. The van der Waals surface area contributed by atoms with Crippen molar-refractivity contribution in [1.82, 2.24) is 9.47 Å². The largest absolute Gasteiger partial charge is 0.484 e. The third-order valence-corrected chi connectivity index (χ3v) is 9.62. The molecule has 0 saturated carbocycles. The lowest BCUT2D eigenvalue weighted by atomic mass is 9.78. The van der Waals surface area contributed by atoms with Gasteiger partial charge in [-0.15, -0.1) is 0 Å². The summed E-state index contributed by atoms with van der Waals surface area (Å²) < 4.78 is 35.7. The number of ether oxygens (including phenoxy) is 1. The molecule has 0 spiro atoms. The van der Waals surface area contributed by atoms with Crippen molar-refractivity contribution in [1.29, 1.82) is 10.8 Å². The maximum atomic E-state index is 12.3. The summed E-state index contributed by atoms with van der Waals surface area (Å²) in [5, 5.41) is 17.3. The van der Waals surface area contributed by atoms with E-state index in [2.05, 4.69) is 17.1 Å². The molecule has 1 aliphatic heterocycles. The number of hydrogen-bond donors (Lipinski definition) is 3. The number of nitrogens with one attached hydrogen (secondary N) is 2. The van der Waals surface area contributed by atoms with Crippen molar-refractivity contribution in [2.24, 2.45) is 22.1 Å². The molecule has 2 atom stereocenters. The van der Waals surface area contributed by atoms with Crippen molar-refractivity contribution < 1.29 is 26.9 Å². The van der Waals surface area contributed by atoms with Crippen LogP contribution in [0.4, 0.5) is 0 Å². The van der Waals surface area contributed by atoms with Crippen LogP contribution in [0.5, 0.6) is 5.75 Å². The number of Topliss-reactive ketones (excluding diaryl/α,β-unsaturated/α-hetero) is 1. The molecule has 1 saturated heterocycles. The van der Waals surface area contributed by atoms with Gasteiger partial charge in [-0.2, -0.15) is 8.42 Å². The van der Waals surface area contributed by atoms with Crippen LogP contribution in [0.3, 0.4) is 0 Å². The molecule has 0 bridgehead atoms. The summed E-state index contributed by atoms with van der Waals surface area (Å²) >= 11 is 0. The molecule has 1 aromatic heterocycles. The number of unbranched alkanes of at least 4 members (excludes halogenated alkanes) is 1. The molecule has 262 valence electrons. The highest BCUT2D eigenvalue weighted by molar-refractivity contribution is 7.85. The Bertz CT molecular complexity index is 1670. The Balaban J connectivity index is 1.31. The second-order valence-electron chi connectivity index (χ2n) is 14.0. The molecule has 2 aliphatic rings. The molecule has 2 heterocycles. The van der Waals surface area contributed by atoms with E-state index in [1.54, 1.807) is 18.3 Å². The lowest BCUT2D eigenvalue weighted by Crippen LogP contribution is -2.45. The van der Waals surface area contributed by atoms with Crippen molar-refractivity contribution in [3.05, 3.63) is 59.2 Å². The van der Waals surface area contributed by atoms with Crippen LogP contribution in [0.2, 0.25) is 0 Å². The Kier molecular flexibility index (Phi) is 12.4. The van der Waals surface area contributed by atoms with Crippen molar-refractivity contribution in [3.63, 3.8) is 0 Å². The predicted molar refractivity (Wildman–Crippen MR) is 184 cm³/mol. The Morgan fingerprint density at radius 3 is 2.38 bits per heavy atom. The lowest BCUT2D eigenvalue weighted by molar-refractivity contribution is -0.125. The molecule has 12 nitrogen and oxygen atoms in total. The zero-order valence-electron chi connectivity index (χ0n) is 28.5. The van der Waals surface area contributed by atoms with Crippen LogP contribution in [-0.4, -0.2) is 67.3 Å². The molecule has 4 rings (SSSR count). The van der Waals surface area contributed by atoms with Crippen LogP contribution in [0.1, 0.15) is 102 Å². The standard InChI is InChI=1S/C35H50N6O6S/c1-35(2,3)30(42)21-31(36)39-33(43)12-8-5-9-25-13-15-29(28-11-7-6-10-27(25)28)47-26-14-16-32(37)41(22-26)34(38)40-19-17-24(18-20-40)23-46-48(4,44)45/h6-7,10-11,14,16,22,24-25,29,37-38H,5,8-9,12-13,15,17-21,23H2,1-4H3,(H2,36,39,43). The van der Waals surface area contributed by atoms with Crippen LogP contribution in [0.25, 0.3) is 0 Å². The Morgan fingerprint density at radius 1 is 1.02 bits per heavy atom. The number of hydrogen-bond acceptors (Lipinski definition) is 8. The van der Waals surface area contributed by atoms with Crippen molar-refractivity contribution in [3.8, 4) is 5.75 Å². The Labute approximate surface area is 283 Å². The zero-order chi connectivity index (χ0) is 35.1. The summed E-state index contributed by atoms with van der Waals surface area (Å²) in [5.41, 5.74) is 7.87. The van der Waals surface area contributed by atoms with Crippen molar-refractivity contribution in [2.45, 2.75) is 90.6 Å². The molecule has 0 radical (unpaired) electrons. The van der Waals surface area contributed by atoms with Gasteiger partial charge in [-0.05, 0) is 73.6 Å². The number of amides is 1. The highest BCUT2D eigenvalue weighted by atomic mass is 32.2. The van der Waals surface area contributed by atoms with E-state index in [1.165, 1.54) is 10.1 Å². The van der Waals surface area contributed by atoms with E-state index in [0.717, 1.165) is 37.5 Å². The van der Waals surface area contributed by atoms with Gasteiger partial charge in [-0.25, -0.2) is 4.99 Å². The molecular weight excluding hydrogens is 632 g/mol. The quantitative estimate of drug-likeness (QED) is 0.123. The number of amidine groups is 1. The summed E-state index contributed by atoms with van der Waals surface area (Å²) in [6.45, 7) is 6.74. The van der Waals surface area contributed by atoms with Gasteiger partial charge < -0.3 is 15.4 Å². The van der Waals surface area contributed by atoms with Crippen LogP contribution in [-0.2, 0) is 23.9 Å². The van der Waals surface area contributed by atoms with Crippen LogP contribution in [0, 0.1) is 22.2 Å². The number of aromatic nitrogens is 1. The monoisotopic (exact) mass is 682 g/mol. The van der Waals surface area contributed by atoms with E-state index in [9.17, 15) is 18.0 Å². The van der Waals surface area contributed by atoms with E-state index >= 15 is 0 Å². The first kappa shape index (κ1) is 37.0. The second-order valence-corrected chi connectivity index (χ2v) is 15.6. The Morgan fingerprint density at radius 2 is 1.71 bits per heavy atom. The van der Waals surface area contributed by atoms with Crippen LogP contribution >= 0.6 is 0 Å². The molecule has 1 aliphatic carbocycles. The number of pyridine rings is 1. The maximum absolute atomic E-state index is 12.3. The lowest BCUT2D eigenvalue weighted by Gasteiger charge is -2.34. The Hall–Kier alpha value is -3.84. The number of rotatable bonds is 12. The molecule has 2 aromatic rings. The molecule has 4 N–H and O–H groups in total. The summed E-state index contributed by atoms with van der Waals surface area (Å²) in [6.07, 6.45) is 8.47. The van der Waals surface area contributed by atoms with Crippen LogP contribution < -0.4 is 16.0 Å². The van der Waals surface area contributed by atoms with Gasteiger partial charge in [0.2, 0.25) is 11.9 Å². The number of carbonyl (C=O) groups excluding carboxylic acids is 2. The second kappa shape index (κ2) is 16.0. The summed E-state index contributed by atoms with van der Waals surface area (Å²) in [5.74, 6) is 0.941. The number of benzene rings is 1. The summed E-state index contributed by atoms with van der Waals surface area (Å²) in [6, 6.07) is 11.7. The number of aliphatic imine (C=N–C) groups is 1. The van der Waals surface area contributed by atoms with E-state index in [1.807, 2.05) is 37.8 Å². The van der Waals surface area contributed by atoms with E-state index in [-0.39, 0.29) is 54.0 Å². The zero-order valence-corrected chi connectivity index (χ0v) is 29.4. The number of ketones is 1. The number of nitrogens with zero attached hydrogens (tertiary/aromatic N) is 3. The fourth-order valence-corrected chi connectivity index (χ4v) is 6.63. The average Bonchev–Trinajstić information content (AvgIpc) is 3.02. The minimum atomic E-state index is -3.48.